The van der Waals surface area contributed by atoms with Gasteiger partial charge in [-0.15, -0.1) is 24.0 Å². The van der Waals surface area contributed by atoms with Crippen molar-refractivity contribution in [3.63, 3.8) is 0 Å². The molecule has 9 heteroatoms. The van der Waals surface area contributed by atoms with Gasteiger partial charge in [0.25, 0.3) is 0 Å². The van der Waals surface area contributed by atoms with E-state index in [1.807, 2.05) is 19.1 Å². The van der Waals surface area contributed by atoms with Gasteiger partial charge in [0, 0.05) is 39.0 Å². The van der Waals surface area contributed by atoms with Crippen LogP contribution in [0.5, 0.6) is 0 Å². The van der Waals surface area contributed by atoms with E-state index in [0.717, 1.165) is 12.2 Å². The maximum Gasteiger partial charge on any atom is 0.191 e. The number of aliphatic imine (C=N–C) groups is 1. The van der Waals surface area contributed by atoms with E-state index in [9.17, 15) is 8.42 Å². The lowest BCUT2D eigenvalue weighted by atomic mass is 9.99. The molecule has 1 aromatic heterocycles. The molecular formula is C16H28IN3O4S. The number of nitrogens with zero attached hydrogens (tertiary/aromatic N) is 1. The molecule has 0 amide bonds. The Morgan fingerprint density at radius 3 is 2.60 bits per heavy atom. The summed E-state index contributed by atoms with van der Waals surface area (Å²) >= 11 is 0. The van der Waals surface area contributed by atoms with Crippen molar-refractivity contribution in [1.82, 2.24) is 10.6 Å². The van der Waals surface area contributed by atoms with Crippen molar-refractivity contribution < 1.29 is 17.6 Å². The smallest absolute Gasteiger partial charge is 0.191 e. The van der Waals surface area contributed by atoms with Gasteiger partial charge in [0.1, 0.15) is 5.76 Å². The first-order valence-electron chi connectivity index (χ1n) is 8.29. The van der Waals surface area contributed by atoms with Crippen molar-refractivity contribution in [2.24, 2.45) is 4.99 Å². The van der Waals surface area contributed by atoms with Crippen LogP contribution in [0.2, 0.25) is 0 Å². The van der Waals surface area contributed by atoms with Crippen LogP contribution in [0.15, 0.2) is 27.8 Å². The van der Waals surface area contributed by atoms with Crippen LogP contribution in [-0.4, -0.2) is 58.2 Å². The second-order valence-corrected chi connectivity index (χ2v) is 8.43. The van der Waals surface area contributed by atoms with Crippen LogP contribution < -0.4 is 10.6 Å². The van der Waals surface area contributed by atoms with Crippen LogP contribution in [0.4, 0.5) is 0 Å². The predicted octanol–water partition coefficient (Wildman–Crippen LogP) is 1.59. The zero-order valence-corrected chi connectivity index (χ0v) is 17.9. The zero-order chi connectivity index (χ0) is 17.5. The molecule has 2 N–H and O–H groups in total. The van der Waals surface area contributed by atoms with Gasteiger partial charge in [0.15, 0.2) is 15.8 Å². The van der Waals surface area contributed by atoms with E-state index in [-0.39, 0.29) is 30.5 Å². The molecule has 1 aliphatic heterocycles. The number of hydrogen-bond acceptors (Lipinski definition) is 5. The summed E-state index contributed by atoms with van der Waals surface area (Å²) < 4.78 is 34.3. The molecule has 1 fully saturated rings. The highest BCUT2D eigenvalue weighted by Crippen LogP contribution is 2.29. The Hall–Kier alpha value is -0.810. The van der Waals surface area contributed by atoms with Crippen LogP contribution >= 0.6 is 24.0 Å². The van der Waals surface area contributed by atoms with Gasteiger partial charge < -0.3 is 19.8 Å². The largest absolute Gasteiger partial charge is 0.469 e. The molecule has 7 nitrogen and oxygen atoms in total. The summed E-state index contributed by atoms with van der Waals surface area (Å²) in [5.74, 6) is 1.52. The highest BCUT2D eigenvalue weighted by atomic mass is 127. The van der Waals surface area contributed by atoms with E-state index in [1.165, 1.54) is 6.26 Å². The Bertz CT molecular complexity index is 626. The molecule has 1 aliphatic rings. The van der Waals surface area contributed by atoms with Gasteiger partial charge >= 0.3 is 0 Å². The molecule has 0 spiro atoms. The summed E-state index contributed by atoms with van der Waals surface area (Å²) in [6.07, 6.45) is 4.66. The second-order valence-electron chi connectivity index (χ2n) is 6.02. The summed E-state index contributed by atoms with van der Waals surface area (Å²) in [5.41, 5.74) is 0. The van der Waals surface area contributed by atoms with E-state index >= 15 is 0 Å². The number of furan rings is 1. The molecule has 0 bridgehead atoms. The topological polar surface area (TPSA) is 92.9 Å². The molecule has 0 saturated carbocycles. The van der Waals surface area contributed by atoms with Gasteiger partial charge in [-0.25, -0.2) is 8.42 Å². The van der Waals surface area contributed by atoms with Crippen molar-refractivity contribution in [3.05, 3.63) is 24.2 Å². The molecule has 0 atom stereocenters. The van der Waals surface area contributed by atoms with Crippen molar-refractivity contribution >= 4 is 39.8 Å². The first-order valence-corrected chi connectivity index (χ1v) is 10.2. The van der Waals surface area contributed by atoms with Crippen LogP contribution in [0.1, 0.15) is 25.5 Å². The first kappa shape index (κ1) is 22.2. The SMILES string of the molecule is CCNC(=NCC1(S(C)(=O)=O)CCOCC1)NCCc1ccco1.I. The molecule has 0 aliphatic carbocycles. The number of guanidine groups is 1. The number of nitrogens with one attached hydrogen (secondary N) is 2. The van der Waals surface area contributed by atoms with E-state index in [0.29, 0.717) is 45.1 Å². The molecule has 1 aromatic rings. The number of hydrogen-bond donors (Lipinski definition) is 2. The molecule has 144 valence electrons. The van der Waals surface area contributed by atoms with Gasteiger partial charge in [0.2, 0.25) is 0 Å². The maximum absolute atomic E-state index is 12.3. The van der Waals surface area contributed by atoms with E-state index in [2.05, 4.69) is 15.6 Å². The Labute approximate surface area is 166 Å². The van der Waals surface area contributed by atoms with Gasteiger partial charge in [-0.1, -0.05) is 0 Å². The van der Waals surface area contributed by atoms with E-state index in [4.69, 9.17) is 9.15 Å². The zero-order valence-electron chi connectivity index (χ0n) is 14.8. The van der Waals surface area contributed by atoms with E-state index < -0.39 is 14.6 Å². The Morgan fingerprint density at radius 1 is 1.32 bits per heavy atom. The lowest BCUT2D eigenvalue weighted by Crippen LogP contribution is -2.47. The predicted molar refractivity (Wildman–Crippen MR) is 109 cm³/mol. The molecule has 1 saturated heterocycles. The minimum Gasteiger partial charge on any atom is -0.469 e. The molecule has 0 radical (unpaired) electrons. The van der Waals surface area contributed by atoms with Gasteiger partial charge in [-0.05, 0) is 31.9 Å². The molecule has 25 heavy (non-hydrogen) atoms. The average Bonchev–Trinajstić information content (AvgIpc) is 3.06. The summed E-state index contributed by atoms with van der Waals surface area (Å²) in [6.45, 7) is 4.52. The number of halogens is 1. The highest BCUT2D eigenvalue weighted by molar-refractivity contribution is 14.0. The van der Waals surface area contributed by atoms with Gasteiger partial charge in [0.05, 0.1) is 17.6 Å². The maximum atomic E-state index is 12.3. The minimum absolute atomic E-state index is 0. The molecule has 0 aromatic carbocycles. The van der Waals surface area contributed by atoms with Gasteiger partial charge in [-0.2, -0.15) is 0 Å². The summed E-state index contributed by atoms with van der Waals surface area (Å²) in [5, 5.41) is 6.37. The highest BCUT2D eigenvalue weighted by Gasteiger charge is 2.42. The molecule has 0 unspecified atom stereocenters. The number of sulfone groups is 1. The third kappa shape index (κ3) is 6.45. The fourth-order valence-corrected chi connectivity index (χ4v) is 3.92. The standard InChI is InChI=1S/C16H27N3O4S.HI/c1-3-17-15(18-9-6-14-5-4-10-23-14)19-13-16(24(2,20)21)7-11-22-12-8-16;/h4-5,10H,3,6-9,11-13H2,1-2H3,(H2,17,18,19);1H. The lowest BCUT2D eigenvalue weighted by molar-refractivity contribution is 0.0768. The third-order valence-corrected chi connectivity index (χ3v) is 6.41. The second kappa shape index (κ2) is 10.4. The molecule has 2 heterocycles. The number of rotatable bonds is 7. The quantitative estimate of drug-likeness (QED) is 0.346. The summed E-state index contributed by atoms with van der Waals surface area (Å²) in [7, 11) is -3.21. The van der Waals surface area contributed by atoms with Crippen molar-refractivity contribution in [2.45, 2.75) is 30.9 Å². The van der Waals surface area contributed by atoms with E-state index in [1.54, 1.807) is 6.26 Å². The Morgan fingerprint density at radius 2 is 2.04 bits per heavy atom. The summed E-state index contributed by atoms with van der Waals surface area (Å²) in [4.78, 5) is 4.52. The van der Waals surface area contributed by atoms with Crippen LogP contribution in [0, 0.1) is 0 Å². The fraction of sp³-hybridized carbons (Fsp3) is 0.688. The first-order chi connectivity index (χ1) is 11.5. The Balaban J connectivity index is 0.00000312. The molecule has 2 rings (SSSR count). The van der Waals surface area contributed by atoms with Crippen molar-refractivity contribution in [1.29, 1.82) is 0 Å². The Kier molecular flexibility index (Phi) is 9.22. The van der Waals surface area contributed by atoms with Crippen molar-refractivity contribution in [2.75, 3.05) is 39.1 Å². The lowest BCUT2D eigenvalue weighted by Gasteiger charge is -2.34. The van der Waals surface area contributed by atoms with Crippen molar-refractivity contribution in [3.8, 4) is 0 Å². The summed E-state index contributed by atoms with van der Waals surface area (Å²) in [6, 6.07) is 3.78. The average molecular weight is 485 g/mol. The van der Waals surface area contributed by atoms with Crippen LogP contribution in [0.25, 0.3) is 0 Å². The number of ether oxygens (including phenoxy) is 1. The monoisotopic (exact) mass is 485 g/mol. The van der Waals surface area contributed by atoms with Crippen LogP contribution in [0.3, 0.4) is 0 Å². The third-order valence-electron chi connectivity index (χ3n) is 4.30. The normalized spacial score (nSPS) is 17.6. The fourth-order valence-electron chi connectivity index (χ4n) is 2.71. The van der Waals surface area contributed by atoms with Crippen LogP contribution in [-0.2, 0) is 21.0 Å². The van der Waals surface area contributed by atoms with Gasteiger partial charge in [-0.3, -0.25) is 4.99 Å². The molecular weight excluding hydrogens is 457 g/mol. The minimum atomic E-state index is -3.21.